The van der Waals surface area contributed by atoms with Crippen LogP contribution < -0.4 is 4.90 Å². The van der Waals surface area contributed by atoms with Crippen molar-refractivity contribution in [2.75, 3.05) is 11.5 Å². The van der Waals surface area contributed by atoms with Crippen molar-refractivity contribution in [1.82, 2.24) is 4.31 Å². The minimum atomic E-state index is -4.38. The number of amides is 2. The molecule has 3 aromatic rings. The molecule has 3 aromatic carbocycles. The Hall–Kier alpha value is -3.24. The first-order valence-electron chi connectivity index (χ1n) is 11.7. The molecule has 4 rings (SSSR count). The molecule has 1 aliphatic rings. The average molecular weight is 575 g/mol. The van der Waals surface area contributed by atoms with Crippen LogP contribution in [0.5, 0.6) is 0 Å². The summed E-state index contributed by atoms with van der Waals surface area (Å²) >= 11 is 12.3. The second-order valence-corrected chi connectivity index (χ2v) is 11.4. The summed E-state index contributed by atoms with van der Waals surface area (Å²) in [6.07, 6.45) is -0.373. The van der Waals surface area contributed by atoms with E-state index in [1.54, 1.807) is 19.1 Å². The summed E-state index contributed by atoms with van der Waals surface area (Å²) in [6.45, 7) is 3.60. The Balaban J connectivity index is 1.72. The number of ether oxygens (including phenoxy) is 1. The Morgan fingerprint density at radius 1 is 1.03 bits per heavy atom. The molecule has 0 radical (unpaired) electrons. The van der Waals surface area contributed by atoms with Gasteiger partial charge >= 0.3 is 5.97 Å². The first-order chi connectivity index (χ1) is 18.0. The highest BCUT2D eigenvalue weighted by Crippen LogP contribution is 2.34. The first-order valence-corrected chi connectivity index (χ1v) is 13.9. The van der Waals surface area contributed by atoms with Crippen molar-refractivity contribution < 1.29 is 27.5 Å². The second kappa shape index (κ2) is 11.2. The van der Waals surface area contributed by atoms with E-state index in [1.807, 2.05) is 19.1 Å². The third-order valence-corrected chi connectivity index (χ3v) is 8.62. The molecular weight excluding hydrogens is 551 g/mol. The number of benzene rings is 3. The standard InChI is InChI=1S/C27H24Cl2N2O6S/c1-3-37-27(34)19-8-11-21(12-9-19)31-25(32)15-23(26(31)33)30(16-18-6-4-17(2)5-7-18)38(35,36)24-14-20(28)10-13-22(24)29/h4-14,23H,3,15-16H2,1-2H3. The number of esters is 1. The lowest BCUT2D eigenvalue weighted by Crippen LogP contribution is -2.45. The summed E-state index contributed by atoms with van der Waals surface area (Å²) in [6, 6.07) is 15.6. The van der Waals surface area contributed by atoms with Gasteiger partial charge < -0.3 is 4.74 Å². The molecule has 1 atom stereocenters. The van der Waals surface area contributed by atoms with Gasteiger partial charge in [-0.15, -0.1) is 0 Å². The molecule has 0 aromatic heterocycles. The van der Waals surface area contributed by atoms with E-state index >= 15 is 0 Å². The molecule has 198 valence electrons. The molecule has 8 nitrogen and oxygen atoms in total. The molecule has 38 heavy (non-hydrogen) atoms. The number of carbonyl (C=O) groups is 3. The van der Waals surface area contributed by atoms with Gasteiger partial charge in [0.25, 0.3) is 5.91 Å². The van der Waals surface area contributed by atoms with E-state index in [9.17, 15) is 22.8 Å². The van der Waals surface area contributed by atoms with Gasteiger partial charge in [0.05, 0.1) is 29.3 Å². The first kappa shape index (κ1) is 27.8. The smallest absolute Gasteiger partial charge is 0.338 e. The SMILES string of the molecule is CCOC(=O)c1ccc(N2C(=O)CC(N(Cc3ccc(C)cc3)S(=O)(=O)c3cc(Cl)ccc3Cl)C2=O)cc1. The number of aryl methyl sites for hydroxylation is 1. The van der Waals surface area contributed by atoms with E-state index in [-0.39, 0.29) is 45.8 Å². The van der Waals surface area contributed by atoms with Gasteiger partial charge in [0.2, 0.25) is 15.9 Å². The Morgan fingerprint density at radius 3 is 2.32 bits per heavy atom. The Bertz CT molecular complexity index is 1490. The minimum Gasteiger partial charge on any atom is -0.462 e. The lowest BCUT2D eigenvalue weighted by Gasteiger charge is -2.27. The predicted octanol–water partition coefficient (Wildman–Crippen LogP) is 5.00. The van der Waals surface area contributed by atoms with Gasteiger partial charge in [-0.05, 0) is 61.9 Å². The summed E-state index contributed by atoms with van der Waals surface area (Å²) in [7, 11) is -4.38. The van der Waals surface area contributed by atoms with Crippen LogP contribution in [0.4, 0.5) is 5.69 Å². The van der Waals surface area contributed by atoms with Gasteiger partial charge in [0.15, 0.2) is 0 Å². The van der Waals surface area contributed by atoms with Crippen LogP contribution in [0.2, 0.25) is 10.0 Å². The largest absolute Gasteiger partial charge is 0.462 e. The number of rotatable bonds is 8. The van der Waals surface area contributed by atoms with Gasteiger partial charge in [-0.1, -0.05) is 53.0 Å². The molecule has 1 fully saturated rings. The van der Waals surface area contributed by atoms with Gasteiger partial charge in [0, 0.05) is 11.6 Å². The van der Waals surface area contributed by atoms with Crippen LogP contribution in [0.1, 0.15) is 34.8 Å². The van der Waals surface area contributed by atoms with Crippen LogP contribution in [0.25, 0.3) is 0 Å². The highest BCUT2D eigenvalue weighted by Gasteiger charge is 2.47. The zero-order valence-corrected chi connectivity index (χ0v) is 22.9. The molecule has 0 bridgehead atoms. The zero-order chi connectivity index (χ0) is 27.6. The van der Waals surface area contributed by atoms with Crippen LogP contribution in [0, 0.1) is 6.92 Å². The van der Waals surface area contributed by atoms with E-state index in [1.165, 1.54) is 42.5 Å². The fourth-order valence-corrected chi connectivity index (χ4v) is 6.42. The van der Waals surface area contributed by atoms with Gasteiger partial charge in [-0.3, -0.25) is 9.59 Å². The maximum atomic E-state index is 13.9. The number of hydrogen-bond acceptors (Lipinski definition) is 6. The number of sulfonamides is 1. The number of halogens is 2. The van der Waals surface area contributed by atoms with E-state index in [4.69, 9.17) is 27.9 Å². The second-order valence-electron chi connectivity index (χ2n) is 8.67. The van der Waals surface area contributed by atoms with Crippen molar-refractivity contribution >= 4 is 56.7 Å². The maximum absolute atomic E-state index is 13.9. The summed E-state index contributed by atoms with van der Waals surface area (Å²) in [5, 5.41) is 0.0897. The molecule has 0 spiro atoms. The summed E-state index contributed by atoms with van der Waals surface area (Å²) in [5.74, 6) is -1.83. The topological polar surface area (TPSA) is 101 Å². The summed E-state index contributed by atoms with van der Waals surface area (Å²) in [5.41, 5.74) is 2.06. The van der Waals surface area contributed by atoms with Crippen LogP contribution in [0.15, 0.2) is 71.6 Å². The molecule has 0 N–H and O–H groups in total. The minimum absolute atomic E-state index is 0.0634. The number of hydrogen-bond donors (Lipinski definition) is 0. The fraction of sp³-hybridized carbons (Fsp3) is 0.222. The van der Waals surface area contributed by atoms with Crippen molar-refractivity contribution in [3.63, 3.8) is 0 Å². The van der Waals surface area contributed by atoms with Crippen LogP contribution in [-0.4, -0.2) is 43.2 Å². The van der Waals surface area contributed by atoms with E-state index in [0.29, 0.717) is 5.56 Å². The maximum Gasteiger partial charge on any atom is 0.338 e. The number of carbonyl (C=O) groups excluding carboxylic acids is 3. The average Bonchev–Trinajstić information content (AvgIpc) is 3.18. The molecule has 11 heteroatoms. The molecule has 0 saturated carbocycles. The van der Waals surface area contributed by atoms with E-state index in [0.717, 1.165) is 14.8 Å². The van der Waals surface area contributed by atoms with Gasteiger partial charge in [0.1, 0.15) is 10.9 Å². The Labute approximate surface area is 230 Å². The third-order valence-electron chi connectivity index (χ3n) is 6.05. The summed E-state index contributed by atoms with van der Waals surface area (Å²) in [4.78, 5) is 39.3. The van der Waals surface area contributed by atoms with Gasteiger partial charge in [-0.25, -0.2) is 18.1 Å². The molecule has 1 aliphatic heterocycles. The predicted molar refractivity (Wildman–Crippen MR) is 144 cm³/mol. The molecule has 0 aliphatic carbocycles. The van der Waals surface area contributed by atoms with Gasteiger partial charge in [-0.2, -0.15) is 4.31 Å². The highest BCUT2D eigenvalue weighted by atomic mass is 35.5. The molecule has 1 unspecified atom stereocenters. The Morgan fingerprint density at radius 2 is 1.68 bits per heavy atom. The molecule has 1 heterocycles. The van der Waals surface area contributed by atoms with Crippen molar-refractivity contribution in [3.05, 3.63) is 93.5 Å². The third kappa shape index (κ3) is 5.61. The zero-order valence-electron chi connectivity index (χ0n) is 20.6. The number of anilines is 1. The lowest BCUT2D eigenvalue weighted by molar-refractivity contribution is -0.122. The quantitative estimate of drug-likeness (QED) is 0.277. The van der Waals surface area contributed by atoms with Crippen molar-refractivity contribution in [3.8, 4) is 0 Å². The Kier molecular flexibility index (Phi) is 8.22. The lowest BCUT2D eigenvalue weighted by atomic mass is 10.1. The van der Waals surface area contributed by atoms with Crippen LogP contribution in [0.3, 0.4) is 0 Å². The van der Waals surface area contributed by atoms with Crippen molar-refractivity contribution in [2.24, 2.45) is 0 Å². The van der Waals surface area contributed by atoms with Crippen molar-refractivity contribution in [2.45, 2.75) is 37.8 Å². The van der Waals surface area contributed by atoms with E-state index < -0.39 is 33.8 Å². The monoisotopic (exact) mass is 574 g/mol. The van der Waals surface area contributed by atoms with Crippen molar-refractivity contribution in [1.29, 1.82) is 0 Å². The van der Waals surface area contributed by atoms with E-state index in [2.05, 4.69) is 0 Å². The molecule has 2 amide bonds. The number of nitrogens with zero attached hydrogens (tertiary/aromatic N) is 2. The molecular formula is C27H24Cl2N2O6S. The number of imide groups is 1. The van der Waals surface area contributed by atoms with Crippen LogP contribution >= 0.6 is 23.2 Å². The highest BCUT2D eigenvalue weighted by molar-refractivity contribution is 7.89. The molecule has 1 saturated heterocycles. The van der Waals surface area contributed by atoms with Crippen LogP contribution in [-0.2, 0) is 30.9 Å². The fourth-order valence-electron chi connectivity index (χ4n) is 4.11. The normalized spacial score (nSPS) is 15.8. The summed E-state index contributed by atoms with van der Waals surface area (Å²) < 4.78 is 33.7.